The molecule has 0 bridgehead atoms. The standard InChI is InChI=1S/C22H15FN4O4S/c23-14-6-8-16(9-7-14)32(29,30)18-12-17-21(25-19-5-1-2-10-26(19)22(17)28)27(20(18)24)13-15-4-3-11-31-15/h1-12,24H,13H2/p+1. The van der Waals surface area contributed by atoms with E-state index >= 15 is 0 Å². The molecule has 0 unspecified atom stereocenters. The summed E-state index contributed by atoms with van der Waals surface area (Å²) in [7, 11) is -4.17. The third-order valence-electron chi connectivity index (χ3n) is 5.13. The number of benzene rings is 1. The molecule has 0 aliphatic rings. The first-order valence-corrected chi connectivity index (χ1v) is 11.0. The zero-order valence-corrected chi connectivity index (χ0v) is 17.3. The largest absolute Gasteiger partial charge is 0.466 e. The molecule has 32 heavy (non-hydrogen) atoms. The maximum absolute atomic E-state index is 13.4. The number of rotatable bonds is 4. The van der Waals surface area contributed by atoms with E-state index in [2.05, 4.69) is 4.98 Å². The van der Waals surface area contributed by atoms with Crippen molar-refractivity contribution in [3.05, 3.63) is 95.1 Å². The van der Waals surface area contributed by atoms with E-state index in [0.717, 1.165) is 24.3 Å². The van der Waals surface area contributed by atoms with Crippen molar-refractivity contribution in [1.82, 2.24) is 9.38 Å². The van der Waals surface area contributed by atoms with Crippen molar-refractivity contribution in [1.29, 1.82) is 0 Å². The molecule has 5 rings (SSSR count). The number of aromatic nitrogens is 3. The Morgan fingerprint density at radius 3 is 2.59 bits per heavy atom. The molecule has 0 aliphatic heterocycles. The second kappa shape index (κ2) is 7.27. The highest BCUT2D eigenvalue weighted by Crippen LogP contribution is 2.26. The minimum atomic E-state index is -4.17. The van der Waals surface area contributed by atoms with Crippen LogP contribution in [0.1, 0.15) is 5.76 Å². The lowest BCUT2D eigenvalue weighted by Crippen LogP contribution is -2.42. The van der Waals surface area contributed by atoms with Gasteiger partial charge in [0.15, 0.2) is 0 Å². The van der Waals surface area contributed by atoms with Gasteiger partial charge in [0, 0.05) is 6.20 Å². The Labute approximate surface area is 180 Å². The lowest BCUT2D eigenvalue weighted by molar-refractivity contribution is -0.653. The minimum Gasteiger partial charge on any atom is -0.466 e. The molecule has 0 saturated carbocycles. The van der Waals surface area contributed by atoms with E-state index in [-0.39, 0.29) is 33.2 Å². The van der Waals surface area contributed by atoms with Crippen LogP contribution in [0.3, 0.4) is 0 Å². The average molecular weight is 451 g/mol. The molecule has 0 atom stereocenters. The van der Waals surface area contributed by atoms with Gasteiger partial charge < -0.3 is 10.2 Å². The van der Waals surface area contributed by atoms with E-state index in [1.807, 2.05) is 0 Å². The number of hydrogen-bond acceptors (Lipinski definition) is 6. The predicted octanol–water partition coefficient (Wildman–Crippen LogP) is 2.33. The van der Waals surface area contributed by atoms with Gasteiger partial charge in [0.05, 0.1) is 11.2 Å². The molecule has 0 amide bonds. The number of nitrogens with zero attached hydrogens (tertiary/aromatic N) is 3. The molecule has 0 aliphatic carbocycles. The third kappa shape index (κ3) is 3.12. The van der Waals surface area contributed by atoms with Crippen molar-refractivity contribution in [3.8, 4) is 0 Å². The van der Waals surface area contributed by atoms with Crippen LogP contribution < -0.4 is 15.9 Å². The van der Waals surface area contributed by atoms with Gasteiger partial charge in [-0.3, -0.25) is 9.20 Å². The molecule has 2 N–H and O–H groups in total. The summed E-state index contributed by atoms with van der Waals surface area (Å²) in [6.07, 6.45) is 3.02. The van der Waals surface area contributed by atoms with Gasteiger partial charge in [0.2, 0.25) is 21.3 Å². The zero-order valence-electron chi connectivity index (χ0n) is 16.5. The maximum atomic E-state index is 13.4. The fourth-order valence-corrected chi connectivity index (χ4v) is 4.96. The molecule has 0 radical (unpaired) electrons. The highest BCUT2D eigenvalue weighted by Gasteiger charge is 2.29. The van der Waals surface area contributed by atoms with Crippen LogP contribution in [0.4, 0.5) is 10.2 Å². The molecule has 0 saturated heterocycles. The summed E-state index contributed by atoms with van der Waals surface area (Å²) < 4.78 is 48.3. The molecule has 10 heteroatoms. The van der Waals surface area contributed by atoms with E-state index in [9.17, 15) is 17.6 Å². The van der Waals surface area contributed by atoms with Crippen molar-refractivity contribution in [2.75, 3.05) is 5.73 Å². The molecule has 0 fully saturated rings. The van der Waals surface area contributed by atoms with Crippen LogP contribution in [0.25, 0.3) is 16.7 Å². The molecule has 1 aromatic carbocycles. The van der Waals surface area contributed by atoms with Crippen LogP contribution in [0, 0.1) is 5.82 Å². The van der Waals surface area contributed by atoms with Crippen molar-refractivity contribution in [3.63, 3.8) is 0 Å². The lowest BCUT2D eigenvalue weighted by atomic mass is 10.3. The summed E-state index contributed by atoms with van der Waals surface area (Å²) in [6, 6.07) is 14.1. The molecular weight excluding hydrogens is 435 g/mol. The summed E-state index contributed by atoms with van der Waals surface area (Å²) in [6.45, 7) is 0.0531. The Hall–Kier alpha value is -4.05. The van der Waals surface area contributed by atoms with Crippen LogP contribution >= 0.6 is 0 Å². The fourth-order valence-electron chi connectivity index (χ4n) is 3.55. The Morgan fingerprint density at radius 1 is 1.09 bits per heavy atom. The summed E-state index contributed by atoms with van der Waals surface area (Å²) in [4.78, 5) is 17.3. The number of fused-ring (bicyclic) bond motifs is 2. The van der Waals surface area contributed by atoms with E-state index in [0.29, 0.717) is 11.4 Å². The van der Waals surface area contributed by atoms with Crippen LogP contribution in [0.15, 0.2) is 92.1 Å². The number of anilines is 1. The predicted molar refractivity (Wildman–Crippen MR) is 113 cm³/mol. The summed E-state index contributed by atoms with van der Waals surface area (Å²) in [5.41, 5.74) is 6.48. The first-order valence-electron chi connectivity index (χ1n) is 9.53. The summed E-state index contributed by atoms with van der Waals surface area (Å²) in [5, 5.41) is 0.0649. The van der Waals surface area contributed by atoms with E-state index in [1.165, 1.54) is 21.3 Å². The van der Waals surface area contributed by atoms with E-state index in [1.54, 1.807) is 36.5 Å². The molecule has 4 aromatic heterocycles. The number of nitrogen functional groups attached to an aromatic ring is 1. The van der Waals surface area contributed by atoms with Crippen LogP contribution in [0.5, 0.6) is 0 Å². The van der Waals surface area contributed by atoms with Crippen LogP contribution in [0.2, 0.25) is 0 Å². The van der Waals surface area contributed by atoms with E-state index in [4.69, 9.17) is 10.2 Å². The van der Waals surface area contributed by atoms with Crippen LogP contribution in [-0.2, 0) is 16.4 Å². The third-order valence-corrected chi connectivity index (χ3v) is 6.93. The average Bonchev–Trinajstić information content (AvgIpc) is 3.29. The van der Waals surface area contributed by atoms with Crippen molar-refractivity contribution >= 4 is 32.3 Å². The van der Waals surface area contributed by atoms with Crippen LogP contribution in [-0.4, -0.2) is 17.8 Å². The highest BCUT2D eigenvalue weighted by atomic mass is 32.2. The van der Waals surface area contributed by atoms with Gasteiger partial charge in [-0.05, 0) is 54.6 Å². The number of hydrogen-bond donors (Lipinski definition) is 1. The molecule has 160 valence electrons. The quantitative estimate of drug-likeness (QED) is 0.255. The maximum Gasteiger partial charge on any atom is 0.278 e. The summed E-state index contributed by atoms with van der Waals surface area (Å²) >= 11 is 0. The Balaban J connectivity index is 1.87. The number of sulfone groups is 1. The lowest BCUT2D eigenvalue weighted by Gasteiger charge is -2.12. The molecular formula is C22H16FN4O4S+. The van der Waals surface area contributed by atoms with Gasteiger partial charge in [-0.2, -0.15) is 0 Å². The number of nitrogens with two attached hydrogens (primary N) is 1. The molecule has 8 nitrogen and oxygen atoms in total. The Bertz CT molecular complexity index is 1640. The van der Waals surface area contributed by atoms with Gasteiger partial charge in [-0.1, -0.05) is 11.1 Å². The topological polar surface area (TPSA) is 112 Å². The Kier molecular flexibility index (Phi) is 4.52. The number of pyridine rings is 2. The monoisotopic (exact) mass is 451 g/mol. The first-order chi connectivity index (χ1) is 15.4. The normalized spacial score (nSPS) is 11.9. The fraction of sp³-hybridized carbons (Fsp3) is 0.0455. The van der Waals surface area contributed by atoms with Gasteiger partial charge in [-0.25, -0.2) is 17.4 Å². The number of halogens is 1. The molecule has 0 spiro atoms. The van der Waals surface area contributed by atoms with Crippen molar-refractivity contribution in [2.45, 2.75) is 16.3 Å². The molecule has 5 aromatic rings. The zero-order chi connectivity index (χ0) is 22.5. The van der Waals surface area contributed by atoms with Gasteiger partial charge in [-0.15, -0.1) is 0 Å². The first kappa shape index (κ1) is 19.9. The second-order valence-electron chi connectivity index (χ2n) is 7.10. The number of furan rings is 1. The van der Waals surface area contributed by atoms with Crippen molar-refractivity contribution in [2.24, 2.45) is 0 Å². The van der Waals surface area contributed by atoms with Gasteiger partial charge in [0.25, 0.3) is 11.2 Å². The Morgan fingerprint density at radius 2 is 1.88 bits per heavy atom. The van der Waals surface area contributed by atoms with Gasteiger partial charge in [0.1, 0.15) is 28.4 Å². The molecule has 4 heterocycles. The van der Waals surface area contributed by atoms with E-state index < -0.39 is 21.2 Å². The summed E-state index contributed by atoms with van der Waals surface area (Å²) in [5.74, 6) is -0.197. The SMILES string of the molecule is Nc1c(S(=O)(=O)c2ccc(F)cc2)cc2c(=O)n3ccccc3nc2[n+]1Cc1ccco1. The van der Waals surface area contributed by atoms with Crippen molar-refractivity contribution < 1.29 is 21.8 Å². The highest BCUT2D eigenvalue weighted by molar-refractivity contribution is 7.91. The smallest absolute Gasteiger partial charge is 0.278 e. The second-order valence-corrected chi connectivity index (χ2v) is 9.02. The van der Waals surface area contributed by atoms with Gasteiger partial charge >= 0.3 is 0 Å². The minimum absolute atomic E-state index is 0.0531.